The van der Waals surface area contributed by atoms with Crippen molar-refractivity contribution in [3.63, 3.8) is 0 Å². The second-order valence-corrected chi connectivity index (χ2v) is 6.86. The van der Waals surface area contributed by atoms with Crippen molar-refractivity contribution in [3.05, 3.63) is 41.2 Å². The van der Waals surface area contributed by atoms with Gasteiger partial charge in [0, 0.05) is 24.7 Å². The number of fused-ring (bicyclic) bond motifs is 1. The number of halogens is 4. The number of nitrogens with one attached hydrogen (secondary N) is 1. The van der Waals surface area contributed by atoms with Crippen molar-refractivity contribution in [2.45, 2.75) is 19.8 Å². The van der Waals surface area contributed by atoms with E-state index in [1.807, 2.05) is 0 Å². The first-order chi connectivity index (χ1) is 13.0. The van der Waals surface area contributed by atoms with E-state index in [-0.39, 0.29) is 10.7 Å². The normalized spacial score (nSPS) is 20.1. The molecule has 0 atom stereocenters. The van der Waals surface area contributed by atoms with Crippen LogP contribution >= 0.6 is 11.6 Å². The third-order valence-corrected chi connectivity index (χ3v) is 5.05. The number of hydrazine groups is 1. The lowest BCUT2D eigenvalue weighted by Crippen LogP contribution is -2.48. The standard InChI is InChI=1S/C17H18ClF2N5.CH3F/c1-10-4-6-24(7-5-10)16-14(12-3-2-11(19)8-13(12)20)15(18)23-17-21-9-22-25(16)17;1-2/h2-3,8,10,22H,4-7,9H2,1H3;1H3. The number of benzene rings is 1. The minimum absolute atomic E-state index is 0.165. The predicted molar refractivity (Wildman–Crippen MR) is 101 cm³/mol. The molecule has 0 spiro atoms. The van der Waals surface area contributed by atoms with E-state index in [1.54, 1.807) is 5.01 Å². The lowest BCUT2D eigenvalue weighted by atomic mass is 9.98. The van der Waals surface area contributed by atoms with Crippen molar-refractivity contribution in [3.8, 4) is 0 Å². The number of hydrogen-bond acceptors (Lipinski definition) is 5. The lowest BCUT2D eigenvalue weighted by Gasteiger charge is -2.40. The second-order valence-electron chi connectivity index (χ2n) is 6.50. The molecular weight excluding hydrogens is 379 g/mol. The van der Waals surface area contributed by atoms with Crippen LogP contribution in [0.1, 0.15) is 25.3 Å². The van der Waals surface area contributed by atoms with E-state index >= 15 is 0 Å². The molecule has 1 aromatic carbocycles. The van der Waals surface area contributed by atoms with Gasteiger partial charge in [-0.2, -0.15) is 4.99 Å². The third kappa shape index (κ3) is 3.82. The fraction of sp³-hybridized carbons (Fsp3) is 0.444. The van der Waals surface area contributed by atoms with Gasteiger partial charge in [0.15, 0.2) is 0 Å². The smallest absolute Gasteiger partial charge is 0.244 e. The van der Waals surface area contributed by atoms with Crippen molar-refractivity contribution in [1.29, 1.82) is 0 Å². The van der Waals surface area contributed by atoms with E-state index in [4.69, 9.17) is 11.6 Å². The molecule has 1 aromatic rings. The summed E-state index contributed by atoms with van der Waals surface area (Å²) in [6.07, 6.45) is 2.08. The molecule has 3 aliphatic heterocycles. The van der Waals surface area contributed by atoms with Crippen molar-refractivity contribution >= 4 is 28.3 Å². The van der Waals surface area contributed by atoms with Crippen LogP contribution in [0.25, 0.3) is 5.57 Å². The molecule has 0 aromatic heterocycles. The van der Waals surface area contributed by atoms with Gasteiger partial charge >= 0.3 is 0 Å². The van der Waals surface area contributed by atoms with Gasteiger partial charge in [-0.1, -0.05) is 18.5 Å². The number of allylic oxidation sites excluding steroid dienone is 1. The fourth-order valence-electron chi connectivity index (χ4n) is 3.36. The van der Waals surface area contributed by atoms with Crippen LogP contribution in [0.2, 0.25) is 0 Å². The number of aliphatic imine (C=N–C) groups is 2. The van der Waals surface area contributed by atoms with E-state index < -0.39 is 11.6 Å². The molecule has 1 saturated heterocycles. The number of piperidine rings is 1. The highest BCUT2D eigenvalue weighted by Crippen LogP contribution is 2.34. The average molecular weight is 400 g/mol. The maximum absolute atomic E-state index is 14.5. The quantitative estimate of drug-likeness (QED) is 0.824. The van der Waals surface area contributed by atoms with Gasteiger partial charge < -0.3 is 4.90 Å². The highest BCUT2D eigenvalue weighted by atomic mass is 35.5. The van der Waals surface area contributed by atoms with Gasteiger partial charge in [0.05, 0.1) is 12.8 Å². The predicted octanol–water partition coefficient (Wildman–Crippen LogP) is 3.74. The van der Waals surface area contributed by atoms with Gasteiger partial charge in [0.2, 0.25) is 5.96 Å². The molecule has 0 bridgehead atoms. The summed E-state index contributed by atoms with van der Waals surface area (Å²) in [5.74, 6) is 0.556. The first-order valence-corrected chi connectivity index (χ1v) is 9.07. The first kappa shape index (κ1) is 19.7. The summed E-state index contributed by atoms with van der Waals surface area (Å²) in [7, 11) is 0.500. The average Bonchev–Trinajstić information content (AvgIpc) is 3.12. The number of likely N-dealkylation sites (tertiary alicyclic amines) is 1. The molecule has 1 fully saturated rings. The van der Waals surface area contributed by atoms with E-state index in [2.05, 4.69) is 27.2 Å². The molecule has 3 heterocycles. The summed E-state index contributed by atoms with van der Waals surface area (Å²) in [5, 5.41) is 1.91. The van der Waals surface area contributed by atoms with Gasteiger partial charge in [-0.15, -0.1) is 0 Å². The molecule has 1 N–H and O–H groups in total. The SMILES string of the molecule is CC1CCN(C2=C(c3ccc(F)cc3F)C(Cl)=NC3=NCNN32)CC1.CF. The second kappa shape index (κ2) is 8.31. The molecule has 0 radical (unpaired) electrons. The number of nitrogens with zero attached hydrogens (tertiary/aromatic N) is 4. The van der Waals surface area contributed by atoms with Gasteiger partial charge in [-0.25, -0.2) is 24.2 Å². The molecule has 146 valence electrons. The molecule has 0 unspecified atom stereocenters. The molecule has 0 saturated carbocycles. The van der Waals surface area contributed by atoms with Crippen LogP contribution < -0.4 is 5.43 Å². The van der Waals surface area contributed by atoms with E-state index in [0.29, 0.717) is 31.3 Å². The van der Waals surface area contributed by atoms with Crippen LogP contribution in [0.4, 0.5) is 13.2 Å². The summed E-state index contributed by atoms with van der Waals surface area (Å²) in [5.41, 5.74) is 3.83. The minimum atomic E-state index is -0.661. The third-order valence-electron chi connectivity index (χ3n) is 4.77. The Labute approximate surface area is 161 Å². The largest absolute Gasteiger partial charge is 0.356 e. The molecule has 4 rings (SSSR count). The van der Waals surface area contributed by atoms with Crippen molar-refractivity contribution in [2.24, 2.45) is 15.9 Å². The van der Waals surface area contributed by atoms with Crippen molar-refractivity contribution in [1.82, 2.24) is 15.3 Å². The Morgan fingerprint density at radius 1 is 1.19 bits per heavy atom. The van der Waals surface area contributed by atoms with Gasteiger partial charge in [0.25, 0.3) is 0 Å². The molecule has 27 heavy (non-hydrogen) atoms. The van der Waals surface area contributed by atoms with E-state index in [1.165, 1.54) is 12.1 Å². The van der Waals surface area contributed by atoms with Crippen LogP contribution in [0.3, 0.4) is 0 Å². The first-order valence-electron chi connectivity index (χ1n) is 8.69. The number of guanidine groups is 1. The Morgan fingerprint density at radius 3 is 2.56 bits per heavy atom. The number of alkyl halides is 1. The highest BCUT2D eigenvalue weighted by Gasteiger charge is 2.36. The number of hydrogen-bond donors (Lipinski definition) is 1. The van der Waals surface area contributed by atoms with E-state index in [0.717, 1.165) is 37.8 Å². The summed E-state index contributed by atoms with van der Waals surface area (Å²) in [4.78, 5) is 10.7. The van der Waals surface area contributed by atoms with Crippen LogP contribution in [-0.4, -0.2) is 48.0 Å². The summed E-state index contributed by atoms with van der Waals surface area (Å²) >= 11 is 6.41. The monoisotopic (exact) mass is 399 g/mol. The van der Waals surface area contributed by atoms with Crippen LogP contribution in [-0.2, 0) is 0 Å². The minimum Gasteiger partial charge on any atom is -0.356 e. The summed E-state index contributed by atoms with van der Waals surface area (Å²) in [6, 6.07) is 3.50. The zero-order chi connectivity index (χ0) is 19.6. The van der Waals surface area contributed by atoms with Crippen molar-refractivity contribution in [2.75, 3.05) is 26.9 Å². The van der Waals surface area contributed by atoms with Gasteiger partial charge in [-0.3, -0.25) is 4.39 Å². The molecule has 0 aliphatic carbocycles. The molecule has 9 heteroatoms. The zero-order valence-corrected chi connectivity index (χ0v) is 15.9. The zero-order valence-electron chi connectivity index (χ0n) is 15.1. The highest BCUT2D eigenvalue weighted by molar-refractivity contribution is 6.77. The van der Waals surface area contributed by atoms with Crippen molar-refractivity contribution < 1.29 is 13.2 Å². The van der Waals surface area contributed by atoms with Crippen LogP contribution in [0.15, 0.2) is 34.0 Å². The summed E-state index contributed by atoms with van der Waals surface area (Å²) < 4.78 is 37.3. The van der Waals surface area contributed by atoms with Gasteiger partial charge in [-0.05, 0) is 30.9 Å². The number of rotatable bonds is 2. The molecule has 0 amide bonds. The Morgan fingerprint density at radius 2 is 1.89 bits per heavy atom. The maximum atomic E-state index is 14.5. The van der Waals surface area contributed by atoms with Gasteiger partial charge in [0.1, 0.15) is 29.3 Å². The summed E-state index contributed by atoms with van der Waals surface area (Å²) in [6.45, 7) is 4.27. The van der Waals surface area contributed by atoms with Crippen LogP contribution in [0.5, 0.6) is 0 Å². The van der Waals surface area contributed by atoms with E-state index in [9.17, 15) is 13.2 Å². The molecule has 5 nitrogen and oxygen atoms in total. The Kier molecular flexibility index (Phi) is 6.06. The Balaban J connectivity index is 0.00000102. The Bertz CT molecular complexity index is 800. The molecular formula is C18H21ClF3N5. The lowest BCUT2D eigenvalue weighted by molar-refractivity contribution is 0.183. The van der Waals surface area contributed by atoms with Crippen LogP contribution in [0, 0.1) is 17.6 Å². The fourth-order valence-corrected chi connectivity index (χ4v) is 3.63. The maximum Gasteiger partial charge on any atom is 0.244 e. The Hall–Kier alpha value is -2.06. The molecule has 3 aliphatic rings. The topological polar surface area (TPSA) is 43.2 Å².